The highest BCUT2D eigenvalue weighted by molar-refractivity contribution is 5.93. The topological polar surface area (TPSA) is 69.1 Å². The molecule has 8 heavy (non-hydrogen) atoms. The molecule has 0 aliphatic heterocycles. The van der Waals surface area contributed by atoms with Gasteiger partial charge in [0.2, 0.25) is 0 Å². The Kier molecular flexibility index (Phi) is 3.07. The van der Waals surface area contributed by atoms with Gasteiger partial charge in [0.15, 0.2) is 5.78 Å². The average Bonchev–Trinajstić information content (AvgIpc) is 1.84. The molecule has 46 valence electrons. The van der Waals surface area contributed by atoms with Crippen LogP contribution in [-0.2, 0) is 4.79 Å². The molecule has 3 heteroatoms. The maximum atomic E-state index is 10.4. The number of carbonyl (C=O) groups excluding carboxylic acids is 1. The van der Waals surface area contributed by atoms with E-state index in [-0.39, 0.29) is 12.3 Å². The van der Waals surface area contributed by atoms with Crippen molar-refractivity contribution in [3.8, 4) is 0 Å². The van der Waals surface area contributed by atoms with Gasteiger partial charge in [-0.05, 0) is 6.08 Å². The van der Waals surface area contributed by atoms with E-state index in [0.29, 0.717) is 0 Å². The fourth-order valence-corrected chi connectivity index (χ4v) is 0.268. The number of carbonyl (C=O) groups is 1. The molecule has 0 heterocycles. The first-order valence-electron chi connectivity index (χ1n) is 2.34. The van der Waals surface area contributed by atoms with Crippen LogP contribution in [0, 0.1) is 0 Å². The Labute approximate surface area is 48.4 Å². The third kappa shape index (κ3) is 1.86. The Hall–Kier alpha value is -0.670. The quantitative estimate of drug-likeness (QED) is 0.464. The molecule has 1 atom stereocenters. The van der Waals surface area contributed by atoms with Crippen molar-refractivity contribution in [1.29, 1.82) is 0 Å². The van der Waals surface area contributed by atoms with Crippen LogP contribution in [0.4, 0.5) is 0 Å². The first kappa shape index (κ1) is 7.33. The zero-order valence-corrected chi connectivity index (χ0v) is 4.63. The van der Waals surface area contributed by atoms with Crippen molar-refractivity contribution in [2.45, 2.75) is 6.04 Å². The van der Waals surface area contributed by atoms with E-state index in [1.165, 1.54) is 6.08 Å². The molecule has 0 aromatic carbocycles. The molecule has 0 aliphatic rings. The molecule has 0 aliphatic carbocycles. The summed E-state index contributed by atoms with van der Waals surface area (Å²) >= 11 is 0. The lowest BCUT2D eigenvalue weighted by molar-refractivity contribution is -0.115. The lowest BCUT2D eigenvalue weighted by Crippen LogP contribution is -2.36. The molecule has 0 aromatic rings. The lowest BCUT2D eigenvalue weighted by atomic mass is 10.2. The van der Waals surface area contributed by atoms with Gasteiger partial charge in [-0.2, -0.15) is 0 Å². The van der Waals surface area contributed by atoms with Gasteiger partial charge in [0.25, 0.3) is 0 Å². The van der Waals surface area contributed by atoms with Crippen molar-refractivity contribution in [3.05, 3.63) is 12.7 Å². The monoisotopic (exact) mass is 114 g/mol. The molecule has 0 fully saturated rings. The summed E-state index contributed by atoms with van der Waals surface area (Å²) in [7, 11) is 0. The first-order valence-corrected chi connectivity index (χ1v) is 2.34. The molecule has 0 rings (SSSR count). The smallest absolute Gasteiger partial charge is 0.173 e. The molecule has 1 unspecified atom stereocenters. The number of rotatable bonds is 3. The third-order valence-corrected chi connectivity index (χ3v) is 0.821. The molecule has 0 bridgehead atoms. The van der Waals surface area contributed by atoms with Gasteiger partial charge in [0, 0.05) is 6.54 Å². The van der Waals surface area contributed by atoms with E-state index in [9.17, 15) is 4.79 Å². The summed E-state index contributed by atoms with van der Waals surface area (Å²) in [6, 6.07) is -0.563. The Morgan fingerprint density at radius 2 is 2.38 bits per heavy atom. The molecule has 0 amide bonds. The standard InChI is InChI=1S/C5H10N2O/c1-2-5(8)4(7)3-6/h2,4H,1,3,6-7H2. The van der Waals surface area contributed by atoms with E-state index in [1.54, 1.807) is 0 Å². The van der Waals surface area contributed by atoms with Crippen LogP contribution in [0.5, 0.6) is 0 Å². The summed E-state index contributed by atoms with van der Waals surface area (Å²) in [5.41, 5.74) is 10.2. The molecule has 3 nitrogen and oxygen atoms in total. The number of hydrogen-bond donors (Lipinski definition) is 2. The summed E-state index contributed by atoms with van der Waals surface area (Å²) in [6.45, 7) is 3.43. The molecular formula is C5H10N2O. The lowest BCUT2D eigenvalue weighted by Gasteiger charge is -2.00. The highest BCUT2D eigenvalue weighted by atomic mass is 16.1. The summed E-state index contributed by atoms with van der Waals surface area (Å²) in [4.78, 5) is 10.4. The van der Waals surface area contributed by atoms with E-state index < -0.39 is 6.04 Å². The van der Waals surface area contributed by atoms with Crippen molar-refractivity contribution >= 4 is 5.78 Å². The normalized spacial score (nSPS) is 12.8. The molecule has 0 aromatic heterocycles. The van der Waals surface area contributed by atoms with Gasteiger partial charge in [-0.1, -0.05) is 6.58 Å². The SMILES string of the molecule is C=CC(=O)C(N)CN. The Morgan fingerprint density at radius 1 is 1.88 bits per heavy atom. The maximum absolute atomic E-state index is 10.4. The fourth-order valence-electron chi connectivity index (χ4n) is 0.268. The minimum Gasteiger partial charge on any atom is -0.328 e. The Morgan fingerprint density at radius 3 is 2.50 bits per heavy atom. The molecule has 0 saturated carbocycles. The van der Waals surface area contributed by atoms with Gasteiger partial charge >= 0.3 is 0 Å². The highest BCUT2D eigenvalue weighted by Crippen LogP contribution is 1.77. The molecular weight excluding hydrogens is 104 g/mol. The van der Waals surface area contributed by atoms with Gasteiger partial charge in [-0.25, -0.2) is 0 Å². The van der Waals surface area contributed by atoms with Crippen molar-refractivity contribution in [3.63, 3.8) is 0 Å². The van der Waals surface area contributed by atoms with Crippen LogP contribution in [-0.4, -0.2) is 18.4 Å². The molecule has 4 N–H and O–H groups in total. The highest BCUT2D eigenvalue weighted by Gasteiger charge is 2.04. The second kappa shape index (κ2) is 3.35. The maximum Gasteiger partial charge on any atom is 0.173 e. The van der Waals surface area contributed by atoms with E-state index in [0.717, 1.165) is 0 Å². The summed E-state index contributed by atoms with van der Waals surface area (Å²) < 4.78 is 0. The van der Waals surface area contributed by atoms with Gasteiger partial charge in [-0.3, -0.25) is 4.79 Å². The summed E-state index contributed by atoms with van der Waals surface area (Å²) in [5, 5.41) is 0. The Bertz CT molecular complexity index is 101. The van der Waals surface area contributed by atoms with Gasteiger partial charge in [-0.15, -0.1) is 0 Å². The summed E-state index contributed by atoms with van der Waals surface area (Å²) in [6.07, 6.45) is 1.18. The van der Waals surface area contributed by atoms with E-state index in [1.807, 2.05) is 0 Å². The van der Waals surface area contributed by atoms with E-state index in [2.05, 4.69) is 6.58 Å². The minimum absolute atomic E-state index is 0.185. The number of ketones is 1. The fraction of sp³-hybridized carbons (Fsp3) is 0.400. The van der Waals surface area contributed by atoms with Crippen LogP contribution >= 0.6 is 0 Å². The zero-order chi connectivity index (χ0) is 6.57. The van der Waals surface area contributed by atoms with Crippen LogP contribution in [0.15, 0.2) is 12.7 Å². The van der Waals surface area contributed by atoms with Crippen LogP contribution < -0.4 is 11.5 Å². The zero-order valence-electron chi connectivity index (χ0n) is 4.63. The first-order chi connectivity index (χ1) is 3.72. The van der Waals surface area contributed by atoms with Crippen LogP contribution in [0.25, 0.3) is 0 Å². The largest absolute Gasteiger partial charge is 0.328 e. The predicted molar refractivity (Wildman–Crippen MR) is 32.2 cm³/mol. The number of hydrogen-bond acceptors (Lipinski definition) is 3. The van der Waals surface area contributed by atoms with Crippen molar-refractivity contribution in [2.24, 2.45) is 11.5 Å². The number of nitrogens with two attached hydrogens (primary N) is 2. The molecule has 0 saturated heterocycles. The van der Waals surface area contributed by atoms with Gasteiger partial charge in [0.05, 0.1) is 6.04 Å². The minimum atomic E-state index is -0.563. The van der Waals surface area contributed by atoms with Crippen LogP contribution in [0.3, 0.4) is 0 Å². The van der Waals surface area contributed by atoms with Crippen LogP contribution in [0.2, 0.25) is 0 Å². The van der Waals surface area contributed by atoms with Gasteiger partial charge in [0.1, 0.15) is 0 Å². The van der Waals surface area contributed by atoms with Crippen molar-refractivity contribution < 1.29 is 4.79 Å². The van der Waals surface area contributed by atoms with E-state index in [4.69, 9.17) is 11.5 Å². The summed E-state index contributed by atoms with van der Waals surface area (Å²) in [5.74, 6) is -0.201. The second-order valence-electron chi connectivity index (χ2n) is 1.45. The Balaban J connectivity index is 3.62. The van der Waals surface area contributed by atoms with E-state index >= 15 is 0 Å². The van der Waals surface area contributed by atoms with Crippen molar-refractivity contribution in [1.82, 2.24) is 0 Å². The van der Waals surface area contributed by atoms with Gasteiger partial charge < -0.3 is 11.5 Å². The average molecular weight is 114 g/mol. The second-order valence-corrected chi connectivity index (χ2v) is 1.45. The molecule has 0 spiro atoms. The third-order valence-electron chi connectivity index (χ3n) is 0.821. The van der Waals surface area contributed by atoms with Crippen molar-refractivity contribution in [2.75, 3.05) is 6.54 Å². The molecule has 0 radical (unpaired) electrons. The predicted octanol–water partition coefficient (Wildman–Crippen LogP) is -0.972. The van der Waals surface area contributed by atoms with Crippen LogP contribution in [0.1, 0.15) is 0 Å².